The highest BCUT2D eigenvalue weighted by atomic mass is 16.5. The first-order valence-corrected chi connectivity index (χ1v) is 10.3. The van der Waals surface area contributed by atoms with E-state index >= 15 is 0 Å². The zero-order chi connectivity index (χ0) is 22.2. The number of carbonyl (C=O) groups is 1. The molecule has 162 valence electrons. The number of aromatic nitrogens is 1. The quantitative estimate of drug-likeness (QED) is 0.501. The van der Waals surface area contributed by atoms with Crippen LogP contribution in [0.1, 0.15) is 42.7 Å². The highest BCUT2D eigenvalue weighted by molar-refractivity contribution is 5.94. The molecule has 2 aromatic carbocycles. The average molecular weight is 421 g/mol. The highest BCUT2D eigenvalue weighted by Crippen LogP contribution is 2.31. The maximum Gasteiger partial charge on any atom is 0.251 e. The smallest absolute Gasteiger partial charge is 0.251 e. The van der Waals surface area contributed by atoms with Crippen LogP contribution >= 0.6 is 0 Å². The van der Waals surface area contributed by atoms with Gasteiger partial charge in [-0.05, 0) is 60.9 Å². The molecule has 0 bridgehead atoms. The number of hydrogen-bond acceptors (Lipinski definition) is 5. The number of nitrogens with one attached hydrogen (secondary N) is 1. The van der Waals surface area contributed by atoms with Crippen LogP contribution in [-0.2, 0) is 0 Å². The second-order valence-corrected chi connectivity index (χ2v) is 7.62. The third-order valence-electron chi connectivity index (χ3n) is 4.59. The summed E-state index contributed by atoms with van der Waals surface area (Å²) in [6.07, 6.45) is 3.31. The Kier molecular flexibility index (Phi) is 7.49. The third kappa shape index (κ3) is 6.22. The molecule has 0 saturated heterocycles. The van der Waals surface area contributed by atoms with Crippen LogP contribution in [0.15, 0.2) is 67.0 Å². The second-order valence-electron chi connectivity index (χ2n) is 7.62. The fourth-order valence-corrected chi connectivity index (χ4v) is 2.94. The zero-order valence-corrected chi connectivity index (χ0v) is 18.3. The molecule has 1 amide bonds. The molecule has 0 fully saturated rings. The molecule has 0 aliphatic rings. The normalized spacial score (nSPS) is 11.6. The summed E-state index contributed by atoms with van der Waals surface area (Å²) in [6.45, 7) is 6.73. The largest absolute Gasteiger partial charge is 0.493 e. The molecule has 0 saturated carbocycles. The number of hydrogen-bond donors (Lipinski definition) is 1. The van der Waals surface area contributed by atoms with Crippen LogP contribution in [0.5, 0.6) is 23.0 Å². The molecule has 6 nitrogen and oxygen atoms in total. The summed E-state index contributed by atoms with van der Waals surface area (Å²) in [5.41, 5.74) is 1.44. The minimum atomic E-state index is -0.217. The molecular formula is C25H28N2O4. The molecule has 31 heavy (non-hydrogen) atoms. The molecule has 6 heteroatoms. The van der Waals surface area contributed by atoms with E-state index in [1.165, 1.54) is 0 Å². The predicted molar refractivity (Wildman–Crippen MR) is 120 cm³/mol. The van der Waals surface area contributed by atoms with Crippen molar-refractivity contribution in [3.05, 3.63) is 78.1 Å². The van der Waals surface area contributed by atoms with Crippen molar-refractivity contribution in [1.82, 2.24) is 10.3 Å². The van der Waals surface area contributed by atoms with E-state index in [-0.39, 0.29) is 11.9 Å². The fraction of sp³-hybridized carbons (Fsp3) is 0.280. The first-order chi connectivity index (χ1) is 15.0. The van der Waals surface area contributed by atoms with Gasteiger partial charge in [0.15, 0.2) is 11.5 Å². The molecule has 0 spiro atoms. The number of methoxy groups -OCH3 is 1. The molecule has 3 aromatic rings. The molecule has 1 atom stereocenters. The van der Waals surface area contributed by atoms with Crippen molar-refractivity contribution in [2.24, 2.45) is 5.92 Å². The Bertz CT molecular complexity index is 1010. The minimum Gasteiger partial charge on any atom is -0.493 e. The van der Waals surface area contributed by atoms with Crippen molar-refractivity contribution in [3.63, 3.8) is 0 Å². The van der Waals surface area contributed by atoms with Gasteiger partial charge in [-0.1, -0.05) is 26.0 Å². The molecule has 1 heterocycles. The van der Waals surface area contributed by atoms with Crippen LogP contribution in [0.2, 0.25) is 0 Å². The molecule has 0 aliphatic heterocycles. The van der Waals surface area contributed by atoms with Crippen molar-refractivity contribution in [1.29, 1.82) is 0 Å². The van der Waals surface area contributed by atoms with Crippen molar-refractivity contribution in [2.45, 2.75) is 26.8 Å². The highest BCUT2D eigenvalue weighted by Gasteiger charge is 2.15. The number of rotatable bonds is 9. The standard InChI is InChI=1S/C25H28N2O4/c1-17(2)16-30-23-9-8-19(15-24(23)29-4)18(3)27-25(28)20-6-5-7-22(14-20)31-21-10-12-26-13-11-21/h5-15,17-18H,16H2,1-4H3,(H,27,28). The van der Waals surface area contributed by atoms with Crippen LogP contribution in [0.4, 0.5) is 0 Å². The fourth-order valence-electron chi connectivity index (χ4n) is 2.94. The van der Waals surface area contributed by atoms with Crippen LogP contribution in [0.3, 0.4) is 0 Å². The SMILES string of the molecule is COc1cc(C(C)NC(=O)c2cccc(Oc3ccncc3)c2)ccc1OCC(C)C. The van der Waals surface area contributed by atoms with Gasteiger partial charge < -0.3 is 19.5 Å². The maximum atomic E-state index is 12.8. The molecule has 1 unspecified atom stereocenters. The molecule has 1 aromatic heterocycles. The van der Waals surface area contributed by atoms with E-state index in [1.54, 1.807) is 55.9 Å². The number of ether oxygens (including phenoxy) is 3. The number of amides is 1. The van der Waals surface area contributed by atoms with Gasteiger partial charge in [0, 0.05) is 18.0 Å². The summed E-state index contributed by atoms with van der Waals surface area (Å²) in [6, 6.07) is 16.1. The van der Waals surface area contributed by atoms with Gasteiger partial charge in [0.05, 0.1) is 19.8 Å². The number of carbonyl (C=O) groups excluding carboxylic acids is 1. The van der Waals surface area contributed by atoms with Crippen LogP contribution in [0.25, 0.3) is 0 Å². The van der Waals surface area contributed by atoms with E-state index in [1.807, 2.05) is 25.1 Å². The van der Waals surface area contributed by atoms with E-state index in [0.29, 0.717) is 41.1 Å². The number of pyridine rings is 1. The van der Waals surface area contributed by atoms with Gasteiger partial charge in [0.2, 0.25) is 0 Å². The summed E-state index contributed by atoms with van der Waals surface area (Å²) in [5, 5.41) is 3.02. The van der Waals surface area contributed by atoms with E-state index in [0.717, 1.165) is 5.56 Å². The third-order valence-corrected chi connectivity index (χ3v) is 4.59. The van der Waals surface area contributed by atoms with Crippen molar-refractivity contribution < 1.29 is 19.0 Å². The Hall–Kier alpha value is -3.54. The van der Waals surface area contributed by atoms with Crippen molar-refractivity contribution in [2.75, 3.05) is 13.7 Å². The Morgan fingerprint density at radius 3 is 2.45 bits per heavy atom. The minimum absolute atomic E-state index is 0.188. The van der Waals surface area contributed by atoms with E-state index < -0.39 is 0 Å². The van der Waals surface area contributed by atoms with Crippen molar-refractivity contribution in [3.8, 4) is 23.0 Å². The van der Waals surface area contributed by atoms with Gasteiger partial charge in [0.1, 0.15) is 11.5 Å². The van der Waals surface area contributed by atoms with Crippen LogP contribution in [-0.4, -0.2) is 24.6 Å². The van der Waals surface area contributed by atoms with Gasteiger partial charge in [-0.25, -0.2) is 0 Å². The molecule has 0 aliphatic carbocycles. The maximum absolute atomic E-state index is 12.8. The summed E-state index contributed by atoms with van der Waals surface area (Å²) < 4.78 is 17.1. The number of benzene rings is 2. The molecular weight excluding hydrogens is 392 g/mol. The van der Waals surface area contributed by atoms with Gasteiger partial charge in [0.25, 0.3) is 5.91 Å². The predicted octanol–water partition coefficient (Wildman–Crippen LogP) is 5.41. The van der Waals surface area contributed by atoms with E-state index in [4.69, 9.17) is 14.2 Å². The van der Waals surface area contributed by atoms with Gasteiger partial charge >= 0.3 is 0 Å². The summed E-state index contributed by atoms with van der Waals surface area (Å²) >= 11 is 0. The summed E-state index contributed by atoms with van der Waals surface area (Å²) in [4.78, 5) is 16.8. The van der Waals surface area contributed by atoms with Gasteiger partial charge in [-0.2, -0.15) is 0 Å². The lowest BCUT2D eigenvalue weighted by atomic mass is 10.1. The Morgan fingerprint density at radius 2 is 1.74 bits per heavy atom. The average Bonchev–Trinajstić information content (AvgIpc) is 2.78. The molecule has 1 N–H and O–H groups in total. The van der Waals surface area contributed by atoms with Gasteiger partial charge in [-0.15, -0.1) is 0 Å². The van der Waals surface area contributed by atoms with Crippen LogP contribution < -0.4 is 19.5 Å². The lowest BCUT2D eigenvalue weighted by Gasteiger charge is -2.18. The Morgan fingerprint density at radius 1 is 0.968 bits per heavy atom. The summed E-state index contributed by atoms with van der Waals surface area (Å²) in [7, 11) is 1.61. The first-order valence-electron chi connectivity index (χ1n) is 10.3. The summed E-state index contributed by atoms with van der Waals surface area (Å²) in [5.74, 6) is 2.81. The van der Waals surface area contributed by atoms with E-state index in [9.17, 15) is 4.79 Å². The molecule has 3 rings (SSSR count). The topological polar surface area (TPSA) is 69.7 Å². The van der Waals surface area contributed by atoms with Gasteiger partial charge in [-0.3, -0.25) is 9.78 Å². The van der Waals surface area contributed by atoms with E-state index in [2.05, 4.69) is 24.1 Å². The lowest BCUT2D eigenvalue weighted by molar-refractivity contribution is 0.0939. The van der Waals surface area contributed by atoms with Crippen molar-refractivity contribution >= 4 is 5.91 Å². The molecule has 0 radical (unpaired) electrons. The number of nitrogens with zero attached hydrogens (tertiary/aromatic N) is 1. The first kappa shape index (κ1) is 22.2. The lowest BCUT2D eigenvalue weighted by Crippen LogP contribution is -2.26. The Balaban J connectivity index is 1.68. The zero-order valence-electron chi connectivity index (χ0n) is 18.3. The second kappa shape index (κ2) is 10.5. The van der Waals surface area contributed by atoms with Crippen LogP contribution in [0, 0.1) is 5.92 Å². The monoisotopic (exact) mass is 420 g/mol. The Labute approximate surface area is 183 Å².